The minimum atomic E-state index is -0.819. The fourth-order valence-corrected chi connectivity index (χ4v) is 3.09. The summed E-state index contributed by atoms with van der Waals surface area (Å²) in [7, 11) is 0. The second-order valence-electron chi connectivity index (χ2n) is 6.74. The van der Waals surface area contributed by atoms with Crippen molar-refractivity contribution in [2.45, 2.75) is 19.8 Å². The van der Waals surface area contributed by atoms with Crippen molar-refractivity contribution in [3.63, 3.8) is 0 Å². The van der Waals surface area contributed by atoms with E-state index in [9.17, 15) is 13.2 Å². The van der Waals surface area contributed by atoms with Gasteiger partial charge >= 0.3 is 0 Å². The smallest absolute Gasteiger partial charge is 0.153 e. The molecule has 154 valence electrons. The van der Waals surface area contributed by atoms with E-state index < -0.39 is 17.3 Å². The average molecular weight is 433 g/mol. The van der Waals surface area contributed by atoms with Crippen LogP contribution < -0.4 is 0 Å². The van der Waals surface area contributed by atoms with E-state index in [0.717, 1.165) is 18.4 Å². The zero-order valence-electron chi connectivity index (χ0n) is 16.8. The van der Waals surface area contributed by atoms with Gasteiger partial charge in [-0.15, -0.1) is 0 Å². The number of benzene rings is 3. The number of hydrogen-bond donors (Lipinski definition) is 0. The Bertz CT molecular complexity index is 1200. The van der Waals surface area contributed by atoms with Crippen molar-refractivity contribution in [2.24, 2.45) is 4.99 Å². The number of halogens is 3. The van der Waals surface area contributed by atoms with E-state index in [1.165, 1.54) is 18.2 Å². The largest absolute Gasteiger partial charge is 0.206 e. The zero-order valence-corrected chi connectivity index (χ0v) is 17.6. The highest BCUT2D eigenvalue weighted by molar-refractivity contribution is 7.78. The second kappa shape index (κ2) is 10.5. The fraction of sp³-hybridized carbons (Fsp3) is 0.115. The summed E-state index contributed by atoms with van der Waals surface area (Å²) in [5.41, 5.74) is 2.40. The van der Waals surface area contributed by atoms with Crippen LogP contribution in [0.2, 0.25) is 0 Å². The van der Waals surface area contributed by atoms with Gasteiger partial charge in [-0.25, -0.2) is 13.2 Å². The van der Waals surface area contributed by atoms with Crippen LogP contribution >= 0.6 is 12.2 Å². The van der Waals surface area contributed by atoms with E-state index in [0.29, 0.717) is 22.3 Å². The van der Waals surface area contributed by atoms with Crippen molar-refractivity contribution in [2.75, 3.05) is 0 Å². The molecule has 0 radical (unpaired) electrons. The Morgan fingerprint density at radius 2 is 1.58 bits per heavy atom. The molecule has 0 heterocycles. The molecular weight excluding hydrogens is 415 g/mol. The maximum atomic E-state index is 14.3. The molecule has 0 saturated heterocycles. The molecule has 3 aromatic rings. The maximum absolute atomic E-state index is 14.3. The molecule has 0 bridgehead atoms. The van der Waals surface area contributed by atoms with Crippen LogP contribution in [0.4, 0.5) is 18.9 Å². The monoisotopic (exact) mass is 433 g/mol. The molecular formula is C26H18F3NS. The molecule has 0 saturated carbocycles. The average Bonchev–Trinajstić information content (AvgIpc) is 2.76. The van der Waals surface area contributed by atoms with Gasteiger partial charge < -0.3 is 0 Å². The lowest BCUT2D eigenvalue weighted by Gasteiger charge is -2.05. The summed E-state index contributed by atoms with van der Waals surface area (Å²) in [6.07, 6.45) is 5.65. The molecule has 0 aliphatic heterocycles. The summed E-state index contributed by atoms with van der Waals surface area (Å²) in [6.45, 7) is 1.95. The second-order valence-corrected chi connectivity index (χ2v) is 6.92. The third kappa shape index (κ3) is 5.79. The molecule has 3 rings (SSSR count). The SMILES string of the molecule is C/C=C/CCc1ccc(C#Cc2ccc(-c3cc(F)c(N=C=S)c(F)c3)cc2)c(F)c1. The van der Waals surface area contributed by atoms with Crippen molar-refractivity contribution >= 4 is 23.1 Å². The van der Waals surface area contributed by atoms with E-state index in [1.807, 2.05) is 30.3 Å². The van der Waals surface area contributed by atoms with Crippen LogP contribution in [-0.2, 0) is 6.42 Å². The Balaban J connectivity index is 1.78. The van der Waals surface area contributed by atoms with Gasteiger partial charge in [-0.3, -0.25) is 0 Å². The molecule has 3 aromatic carbocycles. The van der Waals surface area contributed by atoms with Crippen molar-refractivity contribution in [3.8, 4) is 23.0 Å². The third-order valence-corrected chi connectivity index (χ3v) is 4.69. The fourth-order valence-electron chi connectivity index (χ4n) is 3.00. The van der Waals surface area contributed by atoms with Crippen molar-refractivity contribution in [1.82, 2.24) is 0 Å². The van der Waals surface area contributed by atoms with Crippen LogP contribution in [0.15, 0.2) is 71.7 Å². The van der Waals surface area contributed by atoms with Gasteiger partial charge in [-0.1, -0.05) is 42.2 Å². The van der Waals surface area contributed by atoms with Gasteiger partial charge in [-0.05, 0) is 85.1 Å². The van der Waals surface area contributed by atoms with Gasteiger partial charge in [-0.2, -0.15) is 4.99 Å². The molecule has 0 unspecified atom stereocenters. The molecule has 0 spiro atoms. The molecule has 0 aromatic heterocycles. The Kier molecular flexibility index (Phi) is 7.56. The molecule has 5 heteroatoms. The molecule has 0 N–H and O–H groups in total. The quantitative estimate of drug-likeness (QED) is 0.177. The topological polar surface area (TPSA) is 12.4 Å². The van der Waals surface area contributed by atoms with E-state index in [1.54, 1.807) is 30.3 Å². The molecule has 1 nitrogen and oxygen atoms in total. The van der Waals surface area contributed by atoms with Gasteiger partial charge in [0, 0.05) is 5.56 Å². The number of nitrogens with zero attached hydrogens (tertiary/aromatic N) is 1. The lowest BCUT2D eigenvalue weighted by atomic mass is 10.0. The number of isothiocyanates is 1. The van der Waals surface area contributed by atoms with Crippen molar-refractivity contribution < 1.29 is 13.2 Å². The minimum Gasteiger partial charge on any atom is -0.206 e. The molecule has 0 fully saturated rings. The normalized spacial score (nSPS) is 10.5. The maximum Gasteiger partial charge on any atom is 0.153 e. The van der Waals surface area contributed by atoms with Crippen molar-refractivity contribution in [1.29, 1.82) is 0 Å². The highest BCUT2D eigenvalue weighted by atomic mass is 32.1. The lowest BCUT2D eigenvalue weighted by Crippen LogP contribution is -1.89. The minimum absolute atomic E-state index is 0.317. The summed E-state index contributed by atoms with van der Waals surface area (Å²) in [4.78, 5) is 3.40. The van der Waals surface area contributed by atoms with E-state index >= 15 is 0 Å². The van der Waals surface area contributed by atoms with Crippen LogP contribution in [0, 0.1) is 29.3 Å². The highest BCUT2D eigenvalue weighted by Crippen LogP contribution is 2.29. The predicted octanol–water partition coefficient (Wildman–Crippen LogP) is 7.41. The first kappa shape index (κ1) is 22.2. The zero-order chi connectivity index (χ0) is 22.2. The molecule has 0 atom stereocenters. The summed E-state index contributed by atoms with van der Waals surface area (Å²) in [5.74, 6) is 3.76. The highest BCUT2D eigenvalue weighted by Gasteiger charge is 2.11. The van der Waals surface area contributed by atoms with Gasteiger partial charge in [0.15, 0.2) is 11.6 Å². The van der Waals surface area contributed by atoms with Crippen LogP contribution in [0.1, 0.15) is 30.0 Å². The number of thiocarbonyl (C=S) groups is 1. The summed E-state index contributed by atoms with van der Waals surface area (Å²) < 4.78 is 42.4. The Labute approximate surface area is 185 Å². The standard InChI is InChI=1S/C26H18F3NS/c1-2-3-4-5-19-9-13-21(23(27)14-19)12-8-18-6-10-20(11-7-18)22-15-24(28)26(30-17-31)25(29)16-22/h2-3,6-7,9-11,13-16H,4-5H2,1H3/b3-2+. The first-order chi connectivity index (χ1) is 15.0. The number of aryl methyl sites for hydroxylation is 1. The first-order valence-electron chi connectivity index (χ1n) is 9.60. The van der Waals surface area contributed by atoms with Crippen LogP contribution in [0.5, 0.6) is 0 Å². The Hall–Kier alpha value is -3.45. The summed E-state index contributed by atoms with van der Waals surface area (Å²) in [5, 5.41) is 1.96. The van der Waals surface area contributed by atoms with E-state index in [-0.39, 0.29) is 5.82 Å². The van der Waals surface area contributed by atoms with E-state index in [2.05, 4.69) is 29.1 Å². The summed E-state index contributed by atoms with van der Waals surface area (Å²) >= 11 is 4.40. The van der Waals surface area contributed by atoms with Gasteiger partial charge in [0.05, 0.1) is 10.7 Å². The van der Waals surface area contributed by atoms with Crippen molar-refractivity contribution in [3.05, 3.63) is 101 Å². The molecule has 31 heavy (non-hydrogen) atoms. The van der Waals surface area contributed by atoms with Gasteiger partial charge in [0.2, 0.25) is 0 Å². The number of hydrogen-bond acceptors (Lipinski definition) is 2. The van der Waals surface area contributed by atoms with Crippen LogP contribution in [0.3, 0.4) is 0 Å². The molecule has 0 amide bonds. The molecule has 0 aliphatic carbocycles. The predicted molar refractivity (Wildman–Crippen MR) is 122 cm³/mol. The van der Waals surface area contributed by atoms with Crippen LogP contribution in [0.25, 0.3) is 11.1 Å². The lowest BCUT2D eigenvalue weighted by molar-refractivity contribution is 0.588. The molecule has 0 aliphatic rings. The van der Waals surface area contributed by atoms with E-state index in [4.69, 9.17) is 0 Å². The van der Waals surface area contributed by atoms with Gasteiger partial charge in [0.25, 0.3) is 0 Å². The Morgan fingerprint density at radius 1 is 0.871 bits per heavy atom. The van der Waals surface area contributed by atoms with Gasteiger partial charge in [0.1, 0.15) is 11.5 Å². The number of aliphatic imine (C=N–C) groups is 1. The Morgan fingerprint density at radius 3 is 2.19 bits per heavy atom. The third-order valence-electron chi connectivity index (χ3n) is 4.60. The summed E-state index contributed by atoms with van der Waals surface area (Å²) in [6, 6.07) is 14.2. The number of rotatable bonds is 5. The van der Waals surface area contributed by atoms with Crippen LogP contribution in [-0.4, -0.2) is 5.16 Å². The number of allylic oxidation sites excluding steroid dienone is 2. The first-order valence-corrected chi connectivity index (χ1v) is 10.0.